The van der Waals surface area contributed by atoms with E-state index in [0.717, 1.165) is 24.5 Å². The van der Waals surface area contributed by atoms with Crippen LogP contribution in [-0.4, -0.2) is 23.6 Å². The summed E-state index contributed by atoms with van der Waals surface area (Å²) in [6.07, 6.45) is 5.65. The van der Waals surface area contributed by atoms with Crippen LogP contribution in [0, 0.1) is 0 Å². The molecule has 0 bridgehead atoms. The van der Waals surface area contributed by atoms with Crippen molar-refractivity contribution in [1.29, 1.82) is 0 Å². The molecule has 0 unspecified atom stereocenters. The number of ether oxygens (including phenoxy) is 1. The van der Waals surface area contributed by atoms with Crippen LogP contribution in [0.3, 0.4) is 0 Å². The largest absolute Gasteiger partial charge is 0.495 e. The predicted octanol–water partition coefficient (Wildman–Crippen LogP) is 3.02. The first-order valence-electron chi connectivity index (χ1n) is 7.37. The van der Waals surface area contributed by atoms with E-state index < -0.39 is 0 Å². The first kappa shape index (κ1) is 13.8. The highest BCUT2D eigenvalue weighted by molar-refractivity contribution is 6.30. The van der Waals surface area contributed by atoms with Gasteiger partial charge >= 0.3 is 0 Å². The molecule has 1 saturated carbocycles. The van der Waals surface area contributed by atoms with E-state index >= 15 is 0 Å². The molecule has 1 aliphatic carbocycles. The number of fused-ring (bicyclic) bond motifs is 2. The lowest BCUT2D eigenvalue weighted by Gasteiger charge is -2.27. The number of nitrogens with one attached hydrogen (secondary N) is 2. The van der Waals surface area contributed by atoms with Gasteiger partial charge in [0.15, 0.2) is 0 Å². The molecule has 1 spiro atoms. The van der Waals surface area contributed by atoms with Gasteiger partial charge in [-0.05, 0) is 36.1 Å². The Hall–Kier alpha value is -1.85. The van der Waals surface area contributed by atoms with Crippen LogP contribution in [0.4, 0.5) is 11.6 Å². The normalized spacial score (nSPS) is 17.9. The fourth-order valence-corrected chi connectivity index (χ4v) is 3.25. The Morgan fingerprint density at radius 3 is 2.73 bits per heavy atom. The highest BCUT2D eigenvalue weighted by atomic mass is 35.5. The van der Waals surface area contributed by atoms with Crippen LogP contribution in [-0.2, 0) is 12.0 Å². The Morgan fingerprint density at radius 1 is 1.27 bits per heavy atom. The van der Waals surface area contributed by atoms with E-state index in [9.17, 15) is 0 Å². The summed E-state index contributed by atoms with van der Waals surface area (Å²) < 4.78 is 5.56. The van der Waals surface area contributed by atoms with Crippen molar-refractivity contribution in [2.75, 3.05) is 19.0 Å². The molecule has 1 aliphatic heterocycles. The quantitative estimate of drug-likeness (QED) is 0.911. The second kappa shape index (κ2) is 5.11. The van der Waals surface area contributed by atoms with E-state index in [4.69, 9.17) is 16.3 Å². The van der Waals surface area contributed by atoms with Crippen molar-refractivity contribution in [2.45, 2.75) is 24.8 Å². The number of hydrogen-bond donors (Lipinski definition) is 2. The fourth-order valence-electron chi connectivity index (χ4n) is 3.16. The van der Waals surface area contributed by atoms with Gasteiger partial charge in [-0.25, -0.2) is 9.97 Å². The number of methoxy groups -OCH3 is 1. The molecule has 0 radical (unpaired) electrons. The molecule has 0 atom stereocenters. The van der Waals surface area contributed by atoms with E-state index in [-0.39, 0.29) is 0 Å². The average Bonchev–Trinajstić information content (AvgIpc) is 3.30. The maximum Gasteiger partial charge on any atom is 0.227 e. The number of halogens is 1. The molecule has 2 N–H and O–H groups in total. The summed E-state index contributed by atoms with van der Waals surface area (Å²) in [5, 5.41) is 7.24. The number of benzene rings is 1. The number of anilines is 2. The molecule has 2 heterocycles. The van der Waals surface area contributed by atoms with Crippen molar-refractivity contribution < 1.29 is 4.74 Å². The van der Waals surface area contributed by atoms with Crippen molar-refractivity contribution in [3.63, 3.8) is 0 Å². The third kappa shape index (κ3) is 2.30. The molecule has 6 heteroatoms. The molecule has 1 aromatic heterocycles. The summed E-state index contributed by atoms with van der Waals surface area (Å²) in [5.74, 6) is 1.33. The molecule has 1 fully saturated rings. The number of nitrogens with zero attached hydrogens (tertiary/aromatic N) is 2. The average molecular weight is 317 g/mol. The van der Waals surface area contributed by atoms with Gasteiger partial charge in [-0.3, -0.25) is 0 Å². The van der Waals surface area contributed by atoms with Gasteiger partial charge in [0.05, 0.1) is 30.2 Å². The predicted molar refractivity (Wildman–Crippen MR) is 85.9 cm³/mol. The highest BCUT2D eigenvalue weighted by Crippen LogP contribution is 2.52. The van der Waals surface area contributed by atoms with E-state index in [1.54, 1.807) is 19.5 Å². The fraction of sp³-hybridized carbons (Fsp3) is 0.375. The molecular weight excluding hydrogens is 300 g/mol. The van der Waals surface area contributed by atoms with Crippen LogP contribution >= 0.6 is 11.6 Å². The van der Waals surface area contributed by atoms with Crippen molar-refractivity contribution in [2.24, 2.45) is 0 Å². The molecule has 22 heavy (non-hydrogen) atoms. The third-order valence-corrected chi connectivity index (χ3v) is 4.69. The monoisotopic (exact) mass is 316 g/mol. The van der Waals surface area contributed by atoms with Gasteiger partial charge < -0.3 is 15.4 Å². The SMILES string of the molecule is COc1cc2c(cc1Nc1ncc(Cl)cn1)CNCC21CC1. The summed E-state index contributed by atoms with van der Waals surface area (Å²) in [6.45, 7) is 1.95. The molecular formula is C16H17ClN4O. The van der Waals surface area contributed by atoms with Gasteiger partial charge in [-0.2, -0.15) is 0 Å². The zero-order valence-corrected chi connectivity index (χ0v) is 13.1. The Bertz CT molecular complexity index is 713. The van der Waals surface area contributed by atoms with E-state index in [1.165, 1.54) is 24.0 Å². The third-order valence-electron chi connectivity index (χ3n) is 4.50. The van der Waals surface area contributed by atoms with E-state index in [2.05, 4.69) is 32.7 Å². The van der Waals surface area contributed by atoms with Gasteiger partial charge in [0.2, 0.25) is 5.95 Å². The summed E-state index contributed by atoms with van der Waals surface area (Å²) in [7, 11) is 1.69. The van der Waals surface area contributed by atoms with Crippen molar-refractivity contribution in [3.8, 4) is 5.75 Å². The molecule has 114 valence electrons. The van der Waals surface area contributed by atoms with Crippen LogP contribution in [0.15, 0.2) is 24.5 Å². The first-order valence-corrected chi connectivity index (χ1v) is 7.75. The molecule has 0 saturated heterocycles. The van der Waals surface area contributed by atoms with E-state index in [1.807, 2.05) is 0 Å². The Balaban J connectivity index is 1.71. The summed E-state index contributed by atoms with van der Waals surface area (Å²) in [4.78, 5) is 8.35. The molecule has 4 rings (SSSR count). The smallest absolute Gasteiger partial charge is 0.227 e. The van der Waals surface area contributed by atoms with Gasteiger partial charge in [0, 0.05) is 18.5 Å². The number of aromatic nitrogens is 2. The maximum absolute atomic E-state index is 5.82. The number of hydrogen-bond acceptors (Lipinski definition) is 5. The first-order chi connectivity index (χ1) is 10.7. The second-order valence-electron chi connectivity index (χ2n) is 5.94. The molecule has 5 nitrogen and oxygen atoms in total. The Morgan fingerprint density at radius 2 is 2.05 bits per heavy atom. The molecule has 2 aromatic rings. The standard InChI is InChI=1S/C16H17ClN4O/c1-22-14-5-12-10(6-18-9-16(12)2-3-16)4-13(14)21-15-19-7-11(17)8-20-15/h4-5,7-8,18H,2-3,6,9H2,1H3,(H,19,20,21). The van der Waals surface area contributed by atoms with Crippen LogP contribution in [0.25, 0.3) is 0 Å². The van der Waals surface area contributed by atoms with Gasteiger partial charge in [0.1, 0.15) is 5.75 Å². The van der Waals surface area contributed by atoms with Gasteiger partial charge in [-0.15, -0.1) is 0 Å². The zero-order valence-electron chi connectivity index (χ0n) is 12.3. The van der Waals surface area contributed by atoms with E-state index in [0.29, 0.717) is 16.4 Å². The topological polar surface area (TPSA) is 59.1 Å². The minimum atomic E-state index is 0.330. The summed E-state index contributed by atoms with van der Waals surface area (Å²) >= 11 is 5.82. The van der Waals surface area contributed by atoms with Crippen LogP contribution in [0.1, 0.15) is 24.0 Å². The molecule has 0 amide bonds. The second-order valence-corrected chi connectivity index (χ2v) is 6.38. The molecule has 1 aromatic carbocycles. The van der Waals surface area contributed by atoms with Crippen molar-refractivity contribution >= 4 is 23.2 Å². The lowest BCUT2D eigenvalue weighted by molar-refractivity contribution is 0.413. The lowest BCUT2D eigenvalue weighted by atomic mass is 9.87. The minimum absolute atomic E-state index is 0.330. The lowest BCUT2D eigenvalue weighted by Crippen LogP contribution is -2.33. The zero-order chi connectivity index (χ0) is 15.2. The Kier molecular flexibility index (Phi) is 3.20. The van der Waals surface area contributed by atoms with Gasteiger partial charge in [0.25, 0.3) is 0 Å². The maximum atomic E-state index is 5.82. The summed E-state index contributed by atoms with van der Waals surface area (Å²) in [6, 6.07) is 4.31. The van der Waals surface area contributed by atoms with Crippen molar-refractivity contribution in [1.82, 2.24) is 15.3 Å². The van der Waals surface area contributed by atoms with Crippen LogP contribution < -0.4 is 15.4 Å². The number of rotatable bonds is 3. The Labute approximate surface area is 134 Å². The van der Waals surface area contributed by atoms with Crippen LogP contribution in [0.5, 0.6) is 5.75 Å². The summed E-state index contributed by atoms with van der Waals surface area (Å²) in [5.41, 5.74) is 3.95. The van der Waals surface area contributed by atoms with Crippen molar-refractivity contribution in [3.05, 3.63) is 40.7 Å². The van der Waals surface area contributed by atoms with Crippen LogP contribution in [0.2, 0.25) is 5.02 Å². The molecule has 2 aliphatic rings. The minimum Gasteiger partial charge on any atom is -0.495 e. The van der Waals surface area contributed by atoms with Gasteiger partial charge in [-0.1, -0.05) is 11.6 Å². The highest BCUT2D eigenvalue weighted by Gasteiger charge is 2.47.